The summed E-state index contributed by atoms with van der Waals surface area (Å²) in [5.74, 6) is -1.89. The Bertz CT molecular complexity index is 1060. The predicted octanol–water partition coefficient (Wildman–Crippen LogP) is 3.98. The number of ether oxygens (including phenoxy) is 1. The largest absolute Gasteiger partial charge is 0.457 e. The van der Waals surface area contributed by atoms with Gasteiger partial charge in [0, 0.05) is 5.56 Å². The van der Waals surface area contributed by atoms with Gasteiger partial charge in [-0.2, -0.15) is 0 Å². The summed E-state index contributed by atoms with van der Waals surface area (Å²) in [5, 5.41) is 0. The Hall–Kier alpha value is -3.80. The molecule has 1 aliphatic rings. The molecule has 0 saturated heterocycles. The Kier molecular flexibility index (Phi) is 4.45. The van der Waals surface area contributed by atoms with Crippen molar-refractivity contribution in [2.75, 3.05) is 4.90 Å². The van der Waals surface area contributed by atoms with Crippen molar-refractivity contribution in [3.8, 4) is 0 Å². The maximum absolute atomic E-state index is 13.6. The van der Waals surface area contributed by atoms with E-state index in [1.54, 1.807) is 36.4 Å². The van der Waals surface area contributed by atoms with Crippen molar-refractivity contribution in [2.24, 2.45) is 0 Å². The van der Waals surface area contributed by atoms with Crippen molar-refractivity contribution in [2.45, 2.75) is 6.61 Å². The summed E-state index contributed by atoms with van der Waals surface area (Å²) in [6, 6.07) is 18.6. The van der Waals surface area contributed by atoms with Crippen LogP contribution in [-0.2, 0) is 11.3 Å². The third-order valence-corrected chi connectivity index (χ3v) is 4.47. The van der Waals surface area contributed by atoms with Gasteiger partial charge < -0.3 is 4.74 Å². The van der Waals surface area contributed by atoms with Crippen molar-refractivity contribution in [3.05, 3.63) is 101 Å². The predicted molar refractivity (Wildman–Crippen MR) is 99.5 cm³/mol. The molecule has 1 heterocycles. The fourth-order valence-corrected chi connectivity index (χ4v) is 3.01. The highest BCUT2D eigenvalue weighted by atomic mass is 19.1. The van der Waals surface area contributed by atoms with Gasteiger partial charge in [-0.1, -0.05) is 30.3 Å². The van der Waals surface area contributed by atoms with Crippen LogP contribution in [0.4, 0.5) is 10.1 Å². The first-order chi connectivity index (χ1) is 13.6. The normalized spacial score (nSPS) is 12.8. The van der Waals surface area contributed by atoms with Crippen molar-refractivity contribution in [1.82, 2.24) is 0 Å². The summed E-state index contributed by atoms with van der Waals surface area (Å²) in [7, 11) is 0. The molecule has 5 nitrogen and oxygen atoms in total. The summed E-state index contributed by atoms with van der Waals surface area (Å²) in [4.78, 5) is 38.2. The van der Waals surface area contributed by atoms with Gasteiger partial charge in [0.15, 0.2) is 0 Å². The van der Waals surface area contributed by atoms with Gasteiger partial charge in [-0.05, 0) is 42.5 Å². The maximum atomic E-state index is 13.6. The van der Waals surface area contributed by atoms with Crippen LogP contribution in [0.25, 0.3) is 0 Å². The number of nitrogens with zero attached hydrogens (tertiary/aromatic N) is 1. The summed E-state index contributed by atoms with van der Waals surface area (Å²) >= 11 is 0. The van der Waals surface area contributed by atoms with Gasteiger partial charge in [0.1, 0.15) is 12.4 Å². The lowest BCUT2D eigenvalue weighted by atomic mass is 10.1. The molecule has 0 atom stereocenters. The molecule has 3 aromatic carbocycles. The first kappa shape index (κ1) is 17.6. The van der Waals surface area contributed by atoms with Crippen LogP contribution in [0.3, 0.4) is 0 Å². The molecule has 0 spiro atoms. The van der Waals surface area contributed by atoms with Crippen molar-refractivity contribution >= 4 is 23.5 Å². The standard InChI is InChI=1S/C22H14FNO4/c23-19-8-4-1-5-15(19)13-28-22(27)14-9-11-16(12-10-14)24-20(25)17-6-2-3-7-18(17)21(24)26/h1-12H,13H2. The number of benzene rings is 3. The number of imide groups is 1. The van der Waals surface area contributed by atoms with Crippen LogP contribution in [-0.4, -0.2) is 17.8 Å². The van der Waals surface area contributed by atoms with E-state index < -0.39 is 23.6 Å². The molecule has 0 unspecified atom stereocenters. The summed E-state index contributed by atoms with van der Waals surface area (Å²) in [6.07, 6.45) is 0. The highest BCUT2D eigenvalue weighted by Gasteiger charge is 2.36. The van der Waals surface area contributed by atoms with E-state index in [0.717, 1.165) is 4.90 Å². The molecule has 6 heteroatoms. The molecule has 138 valence electrons. The van der Waals surface area contributed by atoms with Crippen LogP contribution in [0.5, 0.6) is 0 Å². The number of carbonyl (C=O) groups excluding carboxylic acids is 3. The van der Waals surface area contributed by atoms with Gasteiger partial charge in [0.2, 0.25) is 0 Å². The molecule has 0 bridgehead atoms. The van der Waals surface area contributed by atoms with Gasteiger partial charge in [-0.3, -0.25) is 9.59 Å². The number of carbonyl (C=O) groups is 3. The van der Waals surface area contributed by atoms with Gasteiger partial charge in [0.05, 0.1) is 22.4 Å². The summed E-state index contributed by atoms with van der Waals surface area (Å²) < 4.78 is 18.7. The molecule has 0 aliphatic carbocycles. The van der Waals surface area contributed by atoms with E-state index in [1.165, 1.54) is 36.4 Å². The van der Waals surface area contributed by atoms with Crippen LogP contribution in [0.15, 0.2) is 72.8 Å². The van der Waals surface area contributed by atoms with Crippen molar-refractivity contribution in [1.29, 1.82) is 0 Å². The Morgan fingerprint density at radius 2 is 1.39 bits per heavy atom. The van der Waals surface area contributed by atoms with Crippen LogP contribution in [0.1, 0.15) is 36.6 Å². The van der Waals surface area contributed by atoms with E-state index in [-0.39, 0.29) is 17.7 Å². The average Bonchev–Trinajstić information content (AvgIpc) is 2.98. The first-order valence-corrected chi connectivity index (χ1v) is 8.54. The van der Waals surface area contributed by atoms with E-state index >= 15 is 0 Å². The minimum atomic E-state index is -0.628. The van der Waals surface area contributed by atoms with Crippen LogP contribution >= 0.6 is 0 Å². The minimum absolute atomic E-state index is 0.189. The molecule has 0 radical (unpaired) electrons. The molecule has 1 aliphatic heterocycles. The zero-order valence-electron chi connectivity index (χ0n) is 14.6. The molecule has 3 aromatic rings. The van der Waals surface area contributed by atoms with Gasteiger partial charge in [-0.25, -0.2) is 14.1 Å². The fourth-order valence-electron chi connectivity index (χ4n) is 3.01. The van der Waals surface area contributed by atoms with Crippen molar-refractivity contribution < 1.29 is 23.5 Å². The number of amides is 2. The highest BCUT2D eigenvalue weighted by Crippen LogP contribution is 2.28. The SMILES string of the molecule is O=C(OCc1ccccc1F)c1ccc(N2C(=O)c3ccccc3C2=O)cc1. The molecule has 2 amide bonds. The smallest absolute Gasteiger partial charge is 0.338 e. The number of esters is 1. The Morgan fingerprint density at radius 3 is 2.00 bits per heavy atom. The molecular weight excluding hydrogens is 361 g/mol. The van der Waals surface area contributed by atoms with E-state index in [1.807, 2.05) is 0 Å². The lowest BCUT2D eigenvalue weighted by Gasteiger charge is -2.14. The maximum Gasteiger partial charge on any atom is 0.338 e. The van der Waals surface area contributed by atoms with Gasteiger partial charge >= 0.3 is 5.97 Å². The lowest BCUT2D eigenvalue weighted by Crippen LogP contribution is -2.29. The molecule has 4 rings (SSSR count). The number of fused-ring (bicyclic) bond motifs is 1. The van der Waals surface area contributed by atoms with Gasteiger partial charge in [-0.15, -0.1) is 0 Å². The number of halogens is 1. The summed E-state index contributed by atoms with van der Waals surface area (Å²) in [6.45, 7) is -0.189. The Balaban J connectivity index is 1.49. The van der Waals surface area contributed by atoms with E-state index in [9.17, 15) is 18.8 Å². The number of hydrogen-bond acceptors (Lipinski definition) is 4. The average molecular weight is 375 g/mol. The Labute approximate surface area is 160 Å². The summed E-state index contributed by atoms with van der Waals surface area (Å²) in [5.41, 5.74) is 1.56. The van der Waals surface area contributed by atoms with Crippen LogP contribution < -0.4 is 4.90 Å². The second kappa shape index (κ2) is 7.08. The zero-order chi connectivity index (χ0) is 19.7. The Morgan fingerprint density at radius 1 is 0.821 bits per heavy atom. The minimum Gasteiger partial charge on any atom is -0.457 e. The monoisotopic (exact) mass is 375 g/mol. The van der Waals surface area contributed by atoms with Crippen molar-refractivity contribution in [3.63, 3.8) is 0 Å². The van der Waals surface area contributed by atoms with E-state index in [2.05, 4.69) is 0 Å². The van der Waals surface area contributed by atoms with E-state index in [4.69, 9.17) is 4.74 Å². The third-order valence-electron chi connectivity index (χ3n) is 4.47. The number of hydrogen-bond donors (Lipinski definition) is 0. The second-order valence-electron chi connectivity index (χ2n) is 6.21. The van der Waals surface area contributed by atoms with Crippen LogP contribution in [0, 0.1) is 5.82 Å². The molecule has 0 fully saturated rings. The molecule has 0 aromatic heterocycles. The molecule has 28 heavy (non-hydrogen) atoms. The van der Waals surface area contributed by atoms with E-state index in [0.29, 0.717) is 16.8 Å². The quantitative estimate of drug-likeness (QED) is 0.511. The number of anilines is 1. The zero-order valence-corrected chi connectivity index (χ0v) is 14.6. The third kappa shape index (κ3) is 3.05. The fraction of sp³-hybridized carbons (Fsp3) is 0.0455. The first-order valence-electron chi connectivity index (χ1n) is 8.54. The topological polar surface area (TPSA) is 63.7 Å². The second-order valence-corrected chi connectivity index (χ2v) is 6.21. The number of rotatable bonds is 4. The molecule has 0 saturated carbocycles. The van der Waals surface area contributed by atoms with Crippen LogP contribution in [0.2, 0.25) is 0 Å². The lowest BCUT2D eigenvalue weighted by molar-refractivity contribution is 0.0469. The molecule has 0 N–H and O–H groups in total. The van der Waals surface area contributed by atoms with Gasteiger partial charge in [0.25, 0.3) is 11.8 Å². The molecular formula is C22H14FNO4. The highest BCUT2D eigenvalue weighted by molar-refractivity contribution is 6.34.